The molecule has 7 heteroatoms. The Morgan fingerprint density at radius 3 is 3.00 bits per heavy atom. The summed E-state index contributed by atoms with van der Waals surface area (Å²) in [6.07, 6.45) is 2.25. The first kappa shape index (κ1) is 12.3. The lowest BCUT2D eigenvalue weighted by molar-refractivity contribution is 0.374. The van der Waals surface area contributed by atoms with Crippen molar-refractivity contribution >= 4 is 17.5 Å². The number of piperidine rings is 1. The number of anilines is 1. The smallest absolute Gasteiger partial charge is 0.322 e. The molecular formula is C10H16ClN5O. The van der Waals surface area contributed by atoms with Crippen molar-refractivity contribution in [1.29, 1.82) is 0 Å². The summed E-state index contributed by atoms with van der Waals surface area (Å²) in [6.45, 7) is 2.46. The molecule has 0 amide bonds. The van der Waals surface area contributed by atoms with Gasteiger partial charge in [-0.3, -0.25) is 0 Å². The lowest BCUT2D eigenvalue weighted by atomic mass is 9.99. The number of nitrogens with zero attached hydrogens (tertiary/aromatic N) is 4. The van der Waals surface area contributed by atoms with Crippen LogP contribution in [0.2, 0.25) is 5.28 Å². The number of hydrogen-bond acceptors (Lipinski definition) is 6. The minimum atomic E-state index is 0.154. The summed E-state index contributed by atoms with van der Waals surface area (Å²) in [4.78, 5) is 14.3. The van der Waals surface area contributed by atoms with Gasteiger partial charge in [0.1, 0.15) is 0 Å². The first-order valence-electron chi connectivity index (χ1n) is 5.63. The number of aromatic nitrogens is 3. The van der Waals surface area contributed by atoms with Gasteiger partial charge in [-0.25, -0.2) is 0 Å². The van der Waals surface area contributed by atoms with E-state index in [1.54, 1.807) is 0 Å². The van der Waals surface area contributed by atoms with Gasteiger partial charge in [0.25, 0.3) is 0 Å². The summed E-state index contributed by atoms with van der Waals surface area (Å²) in [7, 11) is 1.51. The Kier molecular flexibility index (Phi) is 3.96. The van der Waals surface area contributed by atoms with Gasteiger partial charge in [0.2, 0.25) is 11.2 Å². The standard InChI is InChI=1S/C10H16ClN5O/c1-17-10-14-8(11)13-9(15-10)16-4-2-3-7(5-12)6-16/h7H,2-6,12H2,1H3. The van der Waals surface area contributed by atoms with Crippen molar-refractivity contribution in [3.63, 3.8) is 0 Å². The molecule has 6 nitrogen and oxygen atoms in total. The van der Waals surface area contributed by atoms with E-state index in [2.05, 4.69) is 19.9 Å². The van der Waals surface area contributed by atoms with Crippen LogP contribution < -0.4 is 15.4 Å². The number of nitrogens with two attached hydrogens (primary N) is 1. The highest BCUT2D eigenvalue weighted by molar-refractivity contribution is 6.28. The maximum absolute atomic E-state index is 5.82. The van der Waals surface area contributed by atoms with E-state index in [0.717, 1.165) is 25.9 Å². The maximum atomic E-state index is 5.82. The van der Waals surface area contributed by atoms with Crippen LogP contribution in [0.3, 0.4) is 0 Å². The number of ether oxygens (including phenoxy) is 1. The Labute approximate surface area is 105 Å². The highest BCUT2D eigenvalue weighted by Gasteiger charge is 2.21. The molecule has 1 fully saturated rings. The highest BCUT2D eigenvalue weighted by atomic mass is 35.5. The van der Waals surface area contributed by atoms with Crippen molar-refractivity contribution in [3.8, 4) is 6.01 Å². The maximum Gasteiger partial charge on any atom is 0.322 e. The van der Waals surface area contributed by atoms with Gasteiger partial charge in [-0.1, -0.05) is 0 Å². The Balaban J connectivity index is 2.18. The summed E-state index contributed by atoms with van der Waals surface area (Å²) < 4.78 is 4.98. The molecule has 1 aliphatic rings. The zero-order chi connectivity index (χ0) is 12.3. The molecule has 1 aliphatic heterocycles. The van der Waals surface area contributed by atoms with E-state index in [1.807, 2.05) is 0 Å². The fraction of sp³-hybridized carbons (Fsp3) is 0.700. The number of hydrogen-bond donors (Lipinski definition) is 1. The monoisotopic (exact) mass is 257 g/mol. The molecule has 2 heterocycles. The second kappa shape index (κ2) is 5.46. The molecule has 1 aromatic rings. The van der Waals surface area contributed by atoms with E-state index in [0.29, 0.717) is 18.4 Å². The first-order valence-corrected chi connectivity index (χ1v) is 6.01. The topological polar surface area (TPSA) is 77.2 Å². The van der Waals surface area contributed by atoms with Gasteiger partial charge in [-0.2, -0.15) is 15.0 Å². The number of methoxy groups -OCH3 is 1. The van der Waals surface area contributed by atoms with Gasteiger partial charge in [0.15, 0.2) is 0 Å². The summed E-state index contributed by atoms with van der Waals surface area (Å²) in [5, 5.41) is 0.154. The molecule has 0 bridgehead atoms. The fourth-order valence-electron chi connectivity index (χ4n) is 1.99. The highest BCUT2D eigenvalue weighted by Crippen LogP contribution is 2.21. The van der Waals surface area contributed by atoms with Crippen LogP contribution in [0.5, 0.6) is 6.01 Å². The van der Waals surface area contributed by atoms with E-state index in [4.69, 9.17) is 22.1 Å². The van der Waals surface area contributed by atoms with Crippen molar-refractivity contribution in [1.82, 2.24) is 15.0 Å². The van der Waals surface area contributed by atoms with Crippen LogP contribution in [-0.2, 0) is 0 Å². The summed E-state index contributed by atoms with van der Waals surface area (Å²) in [5.74, 6) is 1.06. The molecule has 0 spiro atoms. The van der Waals surface area contributed by atoms with Gasteiger partial charge in [0.05, 0.1) is 7.11 Å². The van der Waals surface area contributed by atoms with E-state index < -0.39 is 0 Å². The number of rotatable bonds is 3. The second-order valence-corrected chi connectivity index (χ2v) is 4.42. The van der Waals surface area contributed by atoms with Crippen LogP contribution in [0.15, 0.2) is 0 Å². The summed E-state index contributed by atoms with van der Waals surface area (Å²) in [6, 6.07) is 0.245. The lowest BCUT2D eigenvalue weighted by Crippen LogP contribution is -2.39. The third kappa shape index (κ3) is 2.95. The predicted molar refractivity (Wildman–Crippen MR) is 65.4 cm³/mol. The van der Waals surface area contributed by atoms with Crippen LogP contribution in [0.4, 0.5) is 5.95 Å². The van der Waals surface area contributed by atoms with Gasteiger partial charge < -0.3 is 15.4 Å². The van der Waals surface area contributed by atoms with E-state index in [9.17, 15) is 0 Å². The van der Waals surface area contributed by atoms with Crippen LogP contribution in [0.25, 0.3) is 0 Å². The first-order chi connectivity index (χ1) is 8.22. The molecule has 0 saturated carbocycles. The minimum absolute atomic E-state index is 0.154. The molecule has 94 valence electrons. The van der Waals surface area contributed by atoms with Crippen LogP contribution in [-0.4, -0.2) is 41.7 Å². The van der Waals surface area contributed by atoms with E-state index in [1.165, 1.54) is 7.11 Å². The van der Waals surface area contributed by atoms with Crippen molar-refractivity contribution in [3.05, 3.63) is 5.28 Å². The lowest BCUT2D eigenvalue weighted by Gasteiger charge is -2.32. The van der Waals surface area contributed by atoms with Crippen LogP contribution >= 0.6 is 11.6 Å². The molecule has 17 heavy (non-hydrogen) atoms. The number of halogens is 1. The van der Waals surface area contributed by atoms with Gasteiger partial charge in [-0.05, 0) is 36.9 Å². The van der Waals surface area contributed by atoms with E-state index >= 15 is 0 Å². The van der Waals surface area contributed by atoms with Crippen molar-refractivity contribution < 1.29 is 4.74 Å². The third-order valence-corrected chi connectivity index (χ3v) is 3.06. The van der Waals surface area contributed by atoms with Gasteiger partial charge in [0, 0.05) is 13.1 Å². The van der Waals surface area contributed by atoms with Crippen molar-refractivity contribution in [2.45, 2.75) is 12.8 Å². The third-order valence-electron chi connectivity index (χ3n) is 2.89. The quantitative estimate of drug-likeness (QED) is 0.859. The van der Waals surface area contributed by atoms with Crippen LogP contribution in [0, 0.1) is 5.92 Å². The predicted octanol–water partition coefficient (Wildman–Crippen LogP) is 0.709. The average Bonchev–Trinajstić information content (AvgIpc) is 2.38. The zero-order valence-corrected chi connectivity index (χ0v) is 10.5. The minimum Gasteiger partial charge on any atom is -0.467 e. The summed E-state index contributed by atoms with van der Waals surface area (Å²) in [5.41, 5.74) is 5.70. The second-order valence-electron chi connectivity index (χ2n) is 4.08. The Bertz CT molecular complexity index is 389. The fourth-order valence-corrected chi connectivity index (χ4v) is 2.14. The molecule has 1 saturated heterocycles. The van der Waals surface area contributed by atoms with Crippen molar-refractivity contribution in [2.24, 2.45) is 11.7 Å². The molecule has 1 atom stereocenters. The molecule has 0 radical (unpaired) electrons. The van der Waals surface area contributed by atoms with Gasteiger partial charge >= 0.3 is 6.01 Å². The SMILES string of the molecule is COc1nc(Cl)nc(N2CCCC(CN)C2)n1. The molecule has 1 unspecified atom stereocenters. The zero-order valence-electron chi connectivity index (χ0n) is 9.77. The Hall–Kier alpha value is -1.14. The van der Waals surface area contributed by atoms with Crippen LogP contribution in [0.1, 0.15) is 12.8 Å². The molecule has 0 aliphatic carbocycles. The Morgan fingerprint density at radius 2 is 2.29 bits per heavy atom. The molecule has 1 aromatic heterocycles. The normalized spacial score (nSPS) is 20.4. The largest absolute Gasteiger partial charge is 0.467 e. The average molecular weight is 258 g/mol. The molecule has 2 rings (SSSR count). The summed E-state index contributed by atoms with van der Waals surface area (Å²) >= 11 is 5.82. The molecular weight excluding hydrogens is 242 g/mol. The van der Waals surface area contributed by atoms with Crippen molar-refractivity contribution in [2.75, 3.05) is 31.6 Å². The molecule has 2 N–H and O–H groups in total. The Morgan fingerprint density at radius 1 is 1.47 bits per heavy atom. The van der Waals surface area contributed by atoms with Gasteiger partial charge in [-0.15, -0.1) is 0 Å². The van der Waals surface area contributed by atoms with E-state index in [-0.39, 0.29) is 11.3 Å². The molecule has 0 aromatic carbocycles.